The number of benzene rings is 1. The number of piperazine rings is 1. The lowest BCUT2D eigenvalue weighted by Gasteiger charge is -2.27. The van der Waals surface area contributed by atoms with E-state index in [0.717, 1.165) is 56.1 Å². The quantitative estimate of drug-likeness (QED) is 0.500. The monoisotopic (exact) mass is 435 g/mol. The highest BCUT2D eigenvalue weighted by molar-refractivity contribution is 5.75. The summed E-state index contributed by atoms with van der Waals surface area (Å²) < 4.78 is 6.76. The van der Waals surface area contributed by atoms with Crippen LogP contribution >= 0.6 is 0 Å². The molecular formula is C23H29N7O2. The molecule has 3 aromatic heterocycles. The molecule has 1 fully saturated rings. The zero-order valence-electron chi connectivity index (χ0n) is 18.8. The molecule has 0 atom stereocenters. The second-order valence-electron chi connectivity index (χ2n) is 8.69. The highest BCUT2D eigenvalue weighted by Gasteiger charge is 2.21. The summed E-state index contributed by atoms with van der Waals surface area (Å²) in [5, 5.41) is 3.38. The molecule has 0 aliphatic carbocycles. The van der Waals surface area contributed by atoms with Gasteiger partial charge in [0.15, 0.2) is 11.2 Å². The lowest BCUT2D eigenvalue weighted by molar-refractivity contribution is 0.233. The molecule has 9 nitrogen and oxygen atoms in total. The van der Waals surface area contributed by atoms with Gasteiger partial charge in [-0.25, -0.2) is 4.79 Å². The third-order valence-corrected chi connectivity index (χ3v) is 6.45. The molecule has 0 unspecified atom stereocenters. The fourth-order valence-electron chi connectivity index (χ4n) is 4.52. The van der Waals surface area contributed by atoms with Gasteiger partial charge in [-0.3, -0.25) is 23.2 Å². The first-order valence-corrected chi connectivity index (χ1v) is 11.1. The molecule has 32 heavy (non-hydrogen) atoms. The van der Waals surface area contributed by atoms with Crippen molar-refractivity contribution in [1.29, 1.82) is 0 Å². The highest BCUT2D eigenvalue weighted by Crippen LogP contribution is 2.16. The van der Waals surface area contributed by atoms with Crippen LogP contribution in [0.15, 0.2) is 40.1 Å². The normalized spacial score (nSPS) is 15.2. The third kappa shape index (κ3) is 3.47. The van der Waals surface area contributed by atoms with Gasteiger partial charge in [-0.05, 0) is 19.4 Å². The van der Waals surface area contributed by atoms with Crippen LogP contribution in [0.5, 0.6) is 0 Å². The van der Waals surface area contributed by atoms with E-state index in [9.17, 15) is 9.59 Å². The van der Waals surface area contributed by atoms with Crippen LogP contribution in [-0.4, -0.2) is 60.7 Å². The van der Waals surface area contributed by atoms with Gasteiger partial charge in [0.2, 0.25) is 5.78 Å². The molecule has 4 aromatic rings. The molecule has 168 valence electrons. The van der Waals surface area contributed by atoms with Crippen molar-refractivity contribution >= 4 is 16.9 Å². The van der Waals surface area contributed by atoms with E-state index in [-0.39, 0.29) is 17.8 Å². The van der Waals surface area contributed by atoms with Gasteiger partial charge in [-0.1, -0.05) is 29.8 Å². The Bertz CT molecular complexity index is 1400. The summed E-state index contributed by atoms with van der Waals surface area (Å²) in [6, 6.07) is 7.88. The largest absolute Gasteiger partial charge is 0.332 e. The highest BCUT2D eigenvalue weighted by atomic mass is 16.2. The van der Waals surface area contributed by atoms with E-state index in [0.29, 0.717) is 16.9 Å². The zero-order valence-corrected chi connectivity index (χ0v) is 18.8. The van der Waals surface area contributed by atoms with Crippen LogP contribution in [0, 0.1) is 13.8 Å². The van der Waals surface area contributed by atoms with E-state index >= 15 is 0 Å². The van der Waals surface area contributed by atoms with Gasteiger partial charge < -0.3 is 9.88 Å². The van der Waals surface area contributed by atoms with Crippen LogP contribution in [0.2, 0.25) is 0 Å². The number of rotatable bonds is 5. The number of nitrogens with zero attached hydrogens (tertiary/aromatic N) is 6. The van der Waals surface area contributed by atoms with Crippen LogP contribution in [0.1, 0.15) is 16.8 Å². The van der Waals surface area contributed by atoms with Crippen molar-refractivity contribution in [3.63, 3.8) is 0 Å². The summed E-state index contributed by atoms with van der Waals surface area (Å²) >= 11 is 0. The second-order valence-corrected chi connectivity index (χ2v) is 8.69. The number of hydrogen-bond acceptors (Lipinski definition) is 5. The standard InChI is InChI=1S/C23H29N7O2/c1-16-4-6-18(7-5-16)15-30-21(31)19-20(26(3)23(30)32)25-22-28(17(2)14-29(19)22)13-12-27-10-8-24-9-11-27/h4-7,14,24H,8-13,15H2,1-3H3. The van der Waals surface area contributed by atoms with Crippen LogP contribution in [0.4, 0.5) is 0 Å². The Hall–Kier alpha value is -3.17. The molecule has 0 saturated carbocycles. The Labute approximate surface area is 185 Å². The maximum absolute atomic E-state index is 13.4. The first kappa shape index (κ1) is 20.7. The summed E-state index contributed by atoms with van der Waals surface area (Å²) in [4.78, 5) is 33.6. The predicted octanol–water partition coefficient (Wildman–Crippen LogP) is 0.720. The molecular weight excluding hydrogens is 406 g/mol. The first-order valence-electron chi connectivity index (χ1n) is 11.1. The van der Waals surface area contributed by atoms with Gasteiger partial charge >= 0.3 is 5.69 Å². The number of aromatic nitrogens is 5. The molecule has 0 amide bonds. The topological polar surface area (TPSA) is 81.5 Å². The van der Waals surface area contributed by atoms with Gasteiger partial charge in [0.05, 0.1) is 6.54 Å². The summed E-state index contributed by atoms with van der Waals surface area (Å²) in [5.74, 6) is 0.702. The average molecular weight is 436 g/mol. The minimum Gasteiger partial charge on any atom is -0.314 e. The number of aryl methyl sites for hydroxylation is 3. The van der Waals surface area contributed by atoms with Crippen molar-refractivity contribution in [2.45, 2.75) is 26.9 Å². The van der Waals surface area contributed by atoms with Crippen molar-refractivity contribution in [2.75, 3.05) is 32.7 Å². The molecule has 0 radical (unpaired) electrons. The Morgan fingerprint density at radius 3 is 2.44 bits per heavy atom. The van der Waals surface area contributed by atoms with E-state index in [4.69, 9.17) is 4.98 Å². The summed E-state index contributed by atoms with van der Waals surface area (Å²) in [7, 11) is 1.68. The molecule has 0 bridgehead atoms. The van der Waals surface area contributed by atoms with Gasteiger partial charge in [0, 0.05) is 58.2 Å². The van der Waals surface area contributed by atoms with Crippen LogP contribution < -0.4 is 16.6 Å². The van der Waals surface area contributed by atoms with Gasteiger partial charge in [0.1, 0.15) is 0 Å². The number of imidazole rings is 2. The average Bonchev–Trinajstić information content (AvgIpc) is 3.30. The third-order valence-electron chi connectivity index (χ3n) is 6.45. The fourth-order valence-corrected chi connectivity index (χ4v) is 4.52. The van der Waals surface area contributed by atoms with Gasteiger partial charge in [-0.15, -0.1) is 0 Å². The molecule has 1 saturated heterocycles. The molecule has 0 spiro atoms. The number of nitrogens with one attached hydrogen (secondary N) is 1. The first-order chi connectivity index (χ1) is 15.4. The lowest BCUT2D eigenvalue weighted by Crippen LogP contribution is -2.44. The molecule has 1 N–H and O–H groups in total. The fraction of sp³-hybridized carbons (Fsp3) is 0.435. The smallest absolute Gasteiger partial charge is 0.314 e. The Morgan fingerprint density at radius 1 is 1.00 bits per heavy atom. The number of hydrogen-bond donors (Lipinski definition) is 1. The van der Waals surface area contributed by atoms with Crippen molar-refractivity contribution in [1.82, 2.24) is 33.3 Å². The molecule has 1 aliphatic heterocycles. The molecule has 9 heteroatoms. The Morgan fingerprint density at radius 2 is 1.72 bits per heavy atom. The lowest BCUT2D eigenvalue weighted by atomic mass is 10.1. The van der Waals surface area contributed by atoms with E-state index in [1.165, 1.54) is 9.13 Å². The maximum atomic E-state index is 13.4. The maximum Gasteiger partial charge on any atom is 0.332 e. The van der Waals surface area contributed by atoms with Crippen molar-refractivity contribution in [2.24, 2.45) is 7.05 Å². The molecule has 1 aromatic carbocycles. The minimum absolute atomic E-state index is 0.234. The second kappa shape index (κ2) is 8.07. The van der Waals surface area contributed by atoms with Crippen molar-refractivity contribution in [3.8, 4) is 0 Å². The minimum atomic E-state index is -0.354. The Balaban J connectivity index is 1.58. The van der Waals surface area contributed by atoms with Crippen LogP contribution in [-0.2, 0) is 20.1 Å². The summed E-state index contributed by atoms with van der Waals surface area (Å²) in [5.41, 5.74) is 3.30. The van der Waals surface area contributed by atoms with Crippen LogP contribution in [0.3, 0.4) is 0 Å². The molecule has 5 rings (SSSR count). The summed E-state index contributed by atoms with van der Waals surface area (Å²) in [6.45, 7) is 10.1. The summed E-state index contributed by atoms with van der Waals surface area (Å²) in [6.07, 6.45) is 1.95. The molecule has 1 aliphatic rings. The van der Waals surface area contributed by atoms with Gasteiger partial charge in [-0.2, -0.15) is 4.98 Å². The van der Waals surface area contributed by atoms with Crippen LogP contribution in [0.25, 0.3) is 16.9 Å². The Kier molecular flexibility index (Phi) is 5.22. The van der Waals surface area contributed by atoms with E-state index in [1.807, 2.05) is 48.7 Å². The number of fused-ring (bicyclic) bond motifs is 3. The van der Waals surface area contributed by atoms with Crippen molar-refractivity contribution in [3.05, 3.63) is 68.1 Å². The van der Waals surface area contributed by atoms with Crippen molar-refractivity contribution < 1.29 is 0 Å². The predicted molar refractivity (Wildman–Crippen MR) is 125 cm³/mol. The SMILES string of the molecule is Cc1ccc(Cn2c(=O)c3c(nc4n(CCN5CCNCC5)c(C)cn34)n(C)c2=O)cc1. The van der Waals surface area contributed by atoms with E-state index in [2.05, 4.69) is 14.8 Å². The van der Waals surface area contributed by atoms with E-state index in [1.54, 1.807) is 7.05 Å². The molecule has 4 heterocycles. The van der Waals surface area contributed by atoms with E-state index < -0.39 is 0 Å². The van der Waals surface area contributed by atoms with Gasteiger partial charge in [0.25, 0.3) is 5.56 Å². The zero-order chi connectivity index (χ0) is 22.4.